The molecule has 2 aromatic carbocycles. The molecule has 0 saturated carbocycles. The molecule has 0 spiro atoms. The van der Waals surface area contributed by atoms with E-state index in [1.807, 2.05) is 12.1 Å². The lowest BCUT2D eigenvalue weighted by Gasteiger charge is -2.13. The third kappa shape index (κ3) is 2.04. The highest BCUT2D eigenvalue weighted by atomic mass is 19.1. The molecule has 1 N–H and O–H groups in total. The second kappa shape index (κ2) is 4.33. The van der Waals surface area contributed by atoms with E-state index in [-0.39, 0.29) is 5.82 Å². The summed E-state index contributed by atoms with van der Waals surface area (Å²) in [6.45, 7) is 1.07. The monoisotopic (exact) mass is 242 g/mol. The first-order valence-electron chi connectivity index (χ1n) is 6.09. The van der Waals surface area contributed by atoms with Gasteiger partial charge in [-0.05, 0) is 48.4 Å². The Kier molecular flexibility index (Phi) is 2.67. The summed E-state index contributed by atoms with van der Waals surface area (Å²) in [4.78, 5) is 2.25. The second-order valence-corrected chi connectivity index (χ2v) is 4.65. The van der Waals surface area contributed by atoms with Crippen LogP contribution in [0.2, 0.25) is 0 Å². The molecule has 1 aliphatic rings. The topological polar surface area (TPSA) is 15.3 Å². The summed E-state index contributed by atoms with van der Waals surface area (Å²) >= 11 is 0. The Hall–Kier alpha value is -2.03. The third-order valence-electron chi connectivity index (χ3n) is 3.32. The highest BCUT2D eigenvalue weighted by Gasteiger charge is 2.15. The van der Waals surface area contributed by atoms with Crippen LogP contribution in [0, 0.1) is 5.82 Å². The Morgan fingerprint density at radius 1 is 1.11 bits per heavy atom. The predicted octanol–water partition coefficient (Wildman–Crippen LogP) is 3.56. The number of halogens is 1. The molecule has 2 aromatic rings. The second-order valence-electron chi connectivity index (χ2n) is 4.65. The van der Waals surface area contributed by atoms with Crippen molar-refractivity contribution in [2.75, 3.05) is 23.8 Å². The van der Waals surface area contributed by atoms with E-state index in [2.05, 4.69) is 29.4 Å². The van der Waals surface area contributed by atoms with Crippen molar-refractivity contribution >= 4 is 17.1 Å². The normalized spacial score (nSPS) is 13.6. The van der Waals surface area contributed by atoms with Gasteiger partial charge in [0.25, 0.3) is 0 Å². The van der Waals surface area contributed by atoms with Gasteiger partial charge < -0.3 is 10.2 Å². The van der Waals surface area contributed by atoms with Gasteiger partial charge in [-0.2, -0.15) is 0 Å². The molecule has 3 heteroatoms. The van der Waals surface area contributed by atoms with Gasteiger partial charge in [-0.1, -0.05) is 6.07 Å². The third-order valence-corrected chi connectivity index (χ3v) is 3.32. The molecule has 3 rings (SSSR count). The van der Waals surface area contributed by atoms with E-state index in [0.717, 1.165) is 24.3 Å². The Labute approximate surface area is 106 Å². The maximum absolute atomic E-state index is 13.1. The van der Waals surface area contributed by atoms with Crippen molar-refractivity contribution in [2.45, 2.75) is 6.42 Å². The maximum atomic E-state index is 13.1. The van der Waals surface area contributed by atoms with Gasteiger partial charge in [0.15, 0.2) is 0 Å². The minimum absolute atomic E-state index is 0.221. The lowest BCUT2D eigenvalue weighted by atomic mass is 10.1. The van der Waals surface area contributed by atoms with Crippen LogP contribution in [-0.2, 0) is 6.42 Å². The Morgan fingerprint density at radius 2 is 1.94 bits per heavy atom. The number of fused-ring (bicyclic) bond motifs is 1. The van der Waals surface area contributed by atoms with E-state index in [1.165, 1.54) is 23.4 Å². The number of nitrogens with one attached hydrogen (secondary N) is 1. The van der Waals surface area contributed by atoms with Crippen molar-refractivity contribution in [3.8, 4) is 0 Å². The van der Waals surface area contributed by atoms with Crippen LogP contribution in [0.3, 0.4) is 0 Å². The molecule has 0 bridgehead atoms. The molecule has 0 aromatic heterocycles. The predicted molar refractivity (Wildman–Crippen MR) is 73.1 cm³/mol. The van der Waals surface area contributed by atoms with Crippen molar-refractivity contribution in [3.63, 3.8) is 0 Å². The molecule has 0 atom stereocenters. The van der Waals surface area contributed by atoms with E-state index in [0.29, 0.717) is 0 Å². The van der Waals surface area contributed by atoms with Crippen LogP contribution < -0.4 is 10.2 Å². The molecular weight excluding hydrogens is 227 g/mol. The van der Waals surface area contributed by atoms with Gasteiger partial charge in [0, 0.05) is 30.7 Å². The average Bonchev–Trinajstić information content (AvgIpc) is 2.71. The molecule has 1 heterocycles. The molecule has 0 saturated heterocycles. The number of nitrogens with zero attached hydrogens (tertiary/aromatic N) is 1. The highest BCUT2D eigenvalue weighted by Crippen LogP contribution is 2.30. The van der Waals surface area contributed by atoms with E-state index in [1.54, 1.807) is 6.07 Å². The van der Waals surface area contributed by atoms with Crippen molar-refractivity contribution in [2.24, 2.45) is 0 Å². The van der Waals surface area contributed by atoms with Crippen LogP contribution in [0.15, 0.2) is 42.5 Å². The summed E-state index contributed by atoms with van der Waals surface area (Å²) in [5.41, 5.74) is 4.43. The van der Waals surface area contributed by atoms with Gasteiger partial charge >= 0.3 is 0 Å². The molecule has 92 valence electrons. The average molecular weight is 242 g/mol. The molecule has 0 unspecified atom stereocenters. The summed E-state index contributed by atoms with van der Waals surface area (Å²) in [5, 5.41) is 3.23. The molecular formula is C15H15FN2. The summed E-state index contributed by atoms with van der Waals surface area (Å²) in [6, 6.07) is 12.8. The van der Waals surface area contributed by atoms with Crippen molar-refractivity contribution in [1.82, 2.24) is 0 Å². The van der Waals surface area contributed by atoms with E-state index in [9.17, 15) is 4.39 Å². The number of hydrogen-bond donors (Lipinski definition) is 1. The van der Waals surface area contributed by atoms with E-state index >= 15 is 0 Å². The molecule has 2 nitrogen and oxygen atoms in total. The van der Waals surface area contributed by atoms with Crippen LogP contribution in [0.5, 0.6) is 0 Å². The van der Waals surface area contributed by atoms with E-state index in [4.69, 9.17) is 0 Å². The first-order valence-corrected chi connectivity index (χ1v) is 6.09. The van der Waals surface area contributed by atoms with Gasteiger partial charge in [-0.3, -0.25) is 0 Å². The minimum atomic E-state index is -0.221. The first kappa shape index (κ1) is 11.1. The molecule has 0 fully saturated rings. The van der Waals surface area contributed by atoms with Crippen molar-refractivity contribution in [1.29, 1.82) is 0 Å². The van der Waals surface area contributed by atoms with Crippen molar-refractivity contribution < 1.29 is 4.39 Å². The number of rotatable bonds is 2. The first-order chi connectivity index (χ1) is 8.72. The van der Waals surface area contributed by atoms with Crippen LogP contribution in [0.4, 0.5) is 21.5 Å². The number of benzene rings is 2. The highest BCUT2D eigenvalue weighted by molar-refractivity contribution is 5.67. The molecule has 0 radical (unpaired) electrons. The number of anilines is 3. The van der Waals surface area contributed by atoms with Gasteiger partial charge in [-0.15, -0.1) is 0 Å². The fourth-order valence-electron chi connectivity index (χ4n) is 2.38. The zero-order chi connectivity index (χ0) is 12.5. The van der Waals surface area contributed by atoms with Crippen molar-refractivity contribution in [3.05, 3.63) is 53.8 Å². The van der Waals surface area contributed by atoms with Gasteiger partial charge in [0.2, 0.25) is 0 Å². The summed E-state index contributed by atoms with van der Waals surface area (Å²) in [7, 11) is 2.10. The Bertz CT molecular complexity index is 580. The molecule has 1 aliphatic heterocycles. The van der Waals surface area contributed by atoms with Crippen LogP contribution in [0.25, 0.3) is 0 Å². The number of likely N-dealkylation sites (N-methyl/N-ethyl adjacent to an activating group) is 1. The Balaban J connectivity index is 1.86. The van der Waals surface area contributed by atoms with E-state index < -0.39 is 0 Å². The maximum Gasteiger partial charge on any atom is 0.125 e. The van der Waals surface area contributed by atoms with Gasteiger partial charge in [-0.25, -0.2) is 4.39 Å². The summed E-state index contributed by atoms with van der Waals surface area (Å²) < 4.78 is 13.1. The Morgan fingerprint density at radius 3 is 2.78 bits per heavy atom. The molecule has 0 aliphatic carbocycles. The SMILES string of the molecule is CN1CCc2cc(Nc3cccc(F)c3)ccc21. The summed E-state index contributed by atoms with van der Waals surface area (Å²) in [5.74, 6) is -0.221. The summed E-state index contributed by atoms with van der Waals surface area (Å²) in [6.07, 6.45) is 1.07. The van der Waals surface area contributed by atoms with Gasteiger partial charge in [0.05, 0.1) is 0 Å². The van der Waals surface area contributed by atoms with Gasteiger partial charge in [0.1, 0.15) is 5.82 Å². The quantitative estimate of drug-likeness (QED) is 0.866. The standard InChI is InChI=1S/C15H15FN2/c1-18-8-7-11-9-14(5-6-15(11)18)17-13-4-2-3-12(16)10-13/h2-6,9-10,17H,7-8H2,1H3. The zero-order valence-electron chi connectivity index (χ0n) is 10.3. The fourth-order valence-corrected chi connectivity index (χ4v) is 2.38. The lowest BCUT2D eigenvalue weighted by Crippen LogP contribution is -2.12. The van der Waals surface area contributed by atoms with Crippen LogP contribution >= 0.6 is 0 Å². The fraction of sp³-hybridized carbons (Fsp3) is 0.200. The zero-order valence-corrected chi connectivity index (χ0v) is 10.3. The largest absolute Gasteiger partial charge is 0.374 e. The number of hydrogen-bond acceptors (Lipinski definition) is 2. The lowest BCUT2D eigenvalue weighted by molar-refractivity contribution is 0.628. The smallest absolute Gasteiger partial charge is 0.125 e. The minimum Gasteiger partial charge on any atom is -0.374 e. The van der Waals surface area contributed by atoms with Crippen LogP contribution in [-0.4, -0.2) is 13.6 Å². The van der Waals surface area contributed by atoms with Crippen LogP contribution in [0.1, 0.15) is 5.56 Å². The molecule has 18 heavy (non-hydrogen) atoms. The molecule has 0 amide bonds.